The van der Waals surface area contributed by atoms with Crippen molar-refractivity contribution in [3.05, 3.63) is 39.9 Å². The van der Waals surface area contributed by atoms with Crippen LogP contribution in [0.25, 0.3) is 0 Å². The molecule has 0 saturated carbocycles. The minimum absolute atomic E-state index is 0.219. The van der Waals surface area contributed by atoms with Crippen molar-refractivity contribution in [1.82, 2.24) is 5.32 Å². The number of hydrogen-bond donors (Lipinski definition) is 1. The fraction of sp³-hybridized carbons (Fsp3) is 0.444. The van der Waals surface area contributed by atoms with Crippen LogP contribution in [0.15, 0.2) is 24.3 Å². The van der Waals surface area contributed by atoms with Gasteiger partial charge in [-0.1, -0.05) is 12.1 Å². The maximum Gasteiger partial charge on any atom is 0.338 e. The molecule has 1 heterocycles. The Bertz CT molecular complexity index is 850. The Morgan fingerprint density at radius 3 is 1.80 bits per heavy atom. The van der Waals surface area contributed by atoms with Gasteiger partial charge in [-0.2, -0.15) is 0 Å². The van der Waals surface area contributed by atoms with Gasteiger partial charge in [-0.05, 0) is 5.56 Å². The molecule has 1 aliphatic rings. The molecule has 12 nitrogen and oxygen atoms in total. The first-order valence-electron chi connectivity index (χ1n) is 8.54. The van der Waals surface area contributed by atoms with Gasteiger partial charge in [-0.3, -0.25) is 25.0 Å². The minimum Gasteiger partial charge on any atom is -0.469 e. The maximum atomic E-state index is 12.7. The molecule has 1 saturated heterocycles. The molecule has 2 rings (SSSR count). The topological polar surface area (TPSA) is 160 Å². The first kappa shape index (κ1) is 22.7. The molecule has 0 radical (unpaired) electrons. The number of methoxy groups -OCH3 is 4. The molecule has 0 amide bonds. The van der Waals surface area contributed by atoms with Crippen molar-refractivity contribution in [2.24, 2.45) is 11.8 Å². The van der Waals surface area contributed by atoms with E-state index in [0.717, 1.165) is 28.4 Å². The highest BCUT2D eigenvalue weighted by atomic mass is 16.6. The van der Waals surface area contributed by atoms with Gasteiger partial charge in [0.15, 0.2) is 0 Å². The number of esters is 4. The molecular weight excluding hydrogens is 404 g/mol. The van der Waals surface area contributed by atoms with Crippen molar-refractivity contribution in [2.45, 2.75) is 11.6 Å². The highest BCUT2D eigenvalue weighted by Crippen LogP contribution is 2.46. The summed E-state index contributed by atoms with van der Waals surface area (Å²) in [5.41, 5.74) is -2.36. The largest absolute Gasteiger partial charge is 0.469 e. The second-order valence-electron chi connectivity index (χ2n) is 6.31. The first-order valence-corrected chi connectivity index (χ1v) is 8.54. The van der Waals surface area contributed by atoms with E-state index < -0.39 is 52.2 Å². The van der Waals surface area contributed by atoms with Gasteiger partial charge in [-0.15, -0.1) is 0 Å². The van der Waals surface area contributed by atoms with E-state index in [1.807, 2.05) is 0 Å². The summed E-state index contributed by atoms with van der Waals surface area (Å²) < 4.78 is 19.0. The Hall–Kier alpha value is -3.54. The highest BCUT2D eigenvalue weighted by molar-refractivity contribution is 6.10. The molecule has 0 aromatic heterocycles. The average molecular weight is 424 g/mol. The maximum absolute atomic E-state index is 12.7. The van der Waals surface area contributed by atoms with Gasteiger partial charge in [-0.25, -0.2) is 9.59 Å². The van der Waals surface area contributed by atoms with Crippen LogP contribution in [0.3, 0.4) is 0 Å². The number of ether oxygens (including phenoxy) is 4. The van der Waals surface area contributed by atoms with Gasteiger partial charge < -0.3 is 18.9 Å². The molecule has 1 aromatic carbocycles. The molecule has 30 heavy (non-hydrogen) atoms. The lowest BCUT2D eigenvalue weighted by Gasteiger charge is -2.29. The van der Waals surface area contributed by atoms with Gasteiger partial charge >= 0.3 is 23.9 Å². The SMILES string of the molecule is COC(=O)[C@H]1[C@@H](C(=O)OC)C(C(=O)OC)(C(=O)OC)N[C@H]1c1ccc([N+](=O)[O-])cc1. The molecule has 1 N–H and O–H groups in total. The first-order chi connectivity index (χ1) is 14.2. The number of nitro groups is 1. The Morgan fingerprint density at radius 1 is 0.900 bits per heavy atom. The van der Waals surface area contributed by atoms with E-state index >= 15 is 0 Å². The van der Waals surface area contributed by atoms with Gasteiger partial charge in [0, 0.05) is 18.2 Å². The lowest BCUT2D eigenvalue weighted by atomic mass is 9.77. The zero-order chi connectivity index (χ0) is 22.6. The summed E-state index contributed by atoms with van der Waals surface area (Å²) in [7, 11) is 4.08. The molecular formula is C18H20N2O10. The molecule has 0 unspecified atom stereocenters. The molecule has 162 valence electrons. The van der Waals surface area contributed by atoms with Crippen molar-refractivity contribution >= 4 is 29.6 Å². The Labute approximate surface area is 170 Å². The zero-order valence-electron chi connectivity index (χ0n) is 16.6. The molecule has 1 aromatic rings. The second kappa shape index (κ2) is 8.86. The number of non-ortho nitro benzene ring substituents is 1. The summed E-state index contributed by atoms with van der Waals surface area (Å²) in [5, 5.41) is 13.6. The van der Waals surface area contributed by atoms with Crippen LogP contribution in [-0.2, 0) is 38.1 Å². The molecule has 0 aliphatic carbocycles. The number of nitro benzene ring substituents is 1. The molecule has 1 fully saturated rings. The minimum atomic E-state index is -2.41. The van der Waals surface area contributed by atoms with Gasteiger partial charge in [0.1, 0.15) is 5.92 Å². The fourth-order valence-corrected chi connectivity index (χ4v) is 3.62. The van der Waals surface area contributed by atoms with Crippen molar-refractivity contribution in [1.29, 1.82) is 0 Å². The number of hydrogen-bond acceptors (Lipinski definition) is 11. The van der Waals surface area contributed by atoms with E-state index in [4.69, 9.17) is 18.9 Å². The summed E-state index contributed by atoms with van der Waals surface area (Å²) in [4.78, 5) is 61.0. The van der Waals surface area contributed by atoms with Crippen LogP contribution in [0.5, 0.6) is 0 Å². The van der Waals surface area contributed by atoms with Gasteiger partial charge in [0.25, 0.3) is 5.69 Å². The number of rotatable bonds is 6. The van der Waals surface area contributed by atoms with Crippen molar-refractivity contribution in [2.75, 3.05) is 28.4 Å². The number of nitrogens with zero attached hydrogens (tertiary/aromatic N) is 1. The number of nitrogens with one attached hydrogen (secondary N) is 1. The summed E-state index contributed by atoms with van der Waals surface area (Å²) >= 11 is 0. The second-order valence-corrected chi connectivity index (χ2v) is 6.31. The molecule has 12 heteroatoms. The standard InChI is InChI=1S/C18H20N2O10/c1-27-14(21)11-12(15(22)28-2)18(16(23)29-3,17(24)30-4)19-13(11)9-5-7-10(8-6-9)20(25)26/h5-8,11-13,19H,1-4H3/t11-,12-,13-/m0/s1. The number of benzene rings is 1. The molecule has 1 aliphatic heterocycles. The van der Waals surface area contributed by atoms with Crippen LogP contribution in [0, 0.1) is 22.0 Å². The monoisotopic (exact) mass is 424 g/mol. The summed E-state index contributed by atoms with van der Waals surface area (Å²) in [5.74, 6) is -7.45. The van der Waals surface area contributed by atoms with Crippen molar-refractivity contribution < 1.29 is 43.0 Å². The van der Waals surface area contributed by atoms with Crippen LogP contribution in [-0.4, -0.2) is 62.8 Å². The smallest absolute Gasteiger partial charge is 0.338 e. The lowest BCUT2D eigenvalue weighted by molar-refractivity contribution is -0.384. The van der Waals surface area contributed by atoms with E-state index in [1.165, 1.54) is 24.3 Å². The third-order valence-electron chi connectivity index (χ3n) is 4.97. The average Bonchev–Trinajstić information content (AvgIpc) is 3.14. The van der Waals surface area contributed by atoms with E-state index in [9.17, 15) is 29.3 Å². The highest BCUT2D eigenvalue weighted by Gasteiger charge is 2.69. The van der Waals surface area contributed by atoms with Crippen LogP contribution >= 0.6 is 0 Å². The van der Waals surface area contributed by atoms with Crippen LogP contribution < -0.4 is 5.32 Å². The van der Waals surface area contributed by atoms with E-state index in [-0.39, 0.29) is 11.3 Å². The summed E-state index contributed by atoms with van der Waals surface area (Å²) in [6, 6.07) is 3.86. The molecule has 3 atom stereocenters. The van der Waals surface area contributed by atoms with Crippen molar-refractivity contribution in [3.8, 4) is 0 Å². The fourth-order valence-electron chi connectivity index (χ4n) is 3.62. The van der Waals surface area contributed by atoms with E-state index in [1.54, 1.807) is 0 Å². The molecule has 0 bridgehead atoms. The molecule has 0 spiro atoms. The zero-order valence-corrected chi connectivity index (χ0v) is 16.6. The number of carbonyl (C=O) groups is 4. The van der Waals surface area contributed by atoms with Crippen LogP contribution in [0.4, 0.5) is 5.69 Å². The van der Waals surface area contributed by atoms with Crippen LogP contribution in [0.1, 0.15) is 11.6 Å². The van der Waals surface area contributed by atoms with E-state index in [2.05, 4.69) is 5.32 Å². The summed E-state index contributed by atoms with van der Waals surface area (Å²) in [6.45, 7) is 0. The quantitative estimate of drug-likeness (QED) is 0.213. The number of carbonyl (C=O) groups excluding carboxylic acids is 4. The predicted octanol–water partition coefficient (Wildman–Crippen LogP) is -0.0977. The Kier molecular flexibility index (Phi) is 6.72. The lowest BCUT2D eigenvalue weighted by Crippen LogP contribution is -2.62. The van der Waals surface area contributed by atoms with Gasteiger partial charge in [0.2, 0.25) is 5.54 Å². The van der Waals surface area contributed by atoms with E-state index in [0.29, 0.717) is 0 Å². The van der Waals surface area contributed by atoms with Crippen molar-refractivity contribution in [3.63, 3.8) is 0 Å². The Morgan fingerprint density at radius 2 is 1.40 bits per heavy atom. The van der Waals surface area contributed by atoms with Crippen LogP contribution in [0.2, 0.25) is 0 Å². The third kappa shape index (κ3) is 3.56. The third-order valence-corrected chi connectivity index (χ3v) is 4.97. The predicted molar refractivity (Wildman–Crippen MR) is 96.7 cm³/mol. The normalized spacial score (nSPS) is 21.9. The Balaban J connectivity index is 2.74. The van der Waals surface area contributed by atoms with Gasteiger partial charge in [0.05, 0.1) is 39.3 Å². The summed E-state index contributed by atoms with van der Waals surface area (Å²) in [6.07, 6.45) is 0.